The fourth-order valence-corrected chi connectivity index (χ4v) is 4.21. The summed E-state index contributed by atoms with van der Waals surface area (Å²) in [6, 6.07) is 2.31. The summed E-state index contributed by atoms with van der Waals surface area (Å²) in [6.45, 7) is 6.65. The highest BCUT2D eigenvalue weighted by Gasteiger charge is 2.49. The highest BCUT2D eigenvalue weighted by Crippen LogP contribution is 2.27. The van der Waals surface area contributed by atoms with E-state index in [-0.39, 0.29) is 4.90 Å². The van der Waals surface area contributed by atoms with Crippen molar-refractivity contribution in [3.05, 3.63) is 23.3 Å². The summed E-state index contributed by atoms with van der Waals surface area (Å²) in [7, 11) is -0.834. The largest absolute Gasteiger partial charge is 0.325 e. The van der Waals surface area contributed by atoms with Gasteiger partial charge >= 0.3 is 6.03 Å². The molecule has 160 valence electrons. The maximum Gasteiger partial charge on any atom is 0.325 e. The van der Waals surface area contributed by atoms with Gasteiger partial charge in [0.05, 0.1) is 4.90 Å². The third-order valence-corrected chi connectivity index (χ3v) is 7.24. The second-order valence-corrected chi connectivity index (χ2v) is 9.51. The SMILES string of the molecule is CCC1(CC)NC(=O)N(CC(=O)Nc2cc(S(=O)(=O)N(C)C)cc(C)c2C)C1=O. The van der Waals surface area contributed by atoms with Crippen LogP contribution in [0.1, 0.15) is 37.8 Å². The van der Waals surface area contributed by atoms with Crippen LogP contribution in [0.4, 0.5) is 10.5 Å². The highest BCUT2D eigenvalue weighted by atomic mass is 32.2. The monoisotopic (exact) mass is 424 g/mol. The van der Waals surface area contributed by atoms with Crippen molar-refractivity contribution >= 4 is 33.6 Å². The fourth-order valence-electron chi connectivity index (χ4n) is 3.20. The van der Waals surface area contributed by atoms with E-state index in [0.717, 1.165) is 9.21 Å². The van der Waals surface area contributed by atoms with Crippen LogP contribution in [0.3, 0.4) is 0 Å². The summed E-state index contributed by atoms with van der Waals surface area (Å²) in [5, 5.41) is 5.31. The van der Waals surface area contributed by atoms with Crippen LogP contribution in [0.2, 0.25) is 0 Å². The Hall–Kier alpha value is -2.46. The zero-order valence-electron chi connectivity index (χ0n) is 17.6. The lowest BCUT2D eigenvalue weighted by Gasteiger charge is -2.23. The van der Waals surface area contributed by atoms with Gasteiger partial charge in [-0.15, -0.1) is 0 Å². The Kier molecular flexibility index (Phi) is 6.39. The average molecular weight is 425 g/mol. The molecular formula is C19H28N4O5S. The average Bonchev–Trinajstić information content (AvgIpc) is 2.89. The molecule has 0 saturated carbocycles. The number of nitrogens with one attached hydrogen (secondary N) is 2. The van der Waals surface area contributed by atoms with E-state index in [1.807, 2.05) is 0 Å². The zero-order valence-corrected chi connectivity index (χ0v) is 18.4. The van der Waals surface area contributed by atoms with Crippen LogP contribution >= 0.6 is 0 Å². The number of imide groups is 1. The van der Waals surface area contributed by atoms with Gasteiger partial charge in [0.1, 0.15) is 12.1 Å². The van der Waals surface area contributed by atoms with Crippen LogP contribution in [0.5, 0.6) is 0 Å². The molecule has 1 aliphatic rings. The van der Waals surface area contributed by atoms with Crippen molar-refractivity contribution in [3.8, 4) is 0 Å². The molecular weight excluding hydrogens is 396 g/mol. The number of urea groups is 1. The van der Waals surface area contributed by atoms with Gasteiger partial charge in [0.15, 0.2) is 0 Å². The van der Waals surface area contributed by atoms with Gasteiger partial charge in [0.2, 0.25) is 15.9 Å². The first-order valence-corrected chi connectivity index (χ1v) is 10.8. The Balaban J connectivity index is 2.27. The molecule has 0 aliphatic carbocycles. The molecule has 29 heavy (non-hydrogen) atoms. The van der Waals surface area contributed by atoms with Gasteiger partial charge in [0, 0.05) is 19.8 Å². The minimum absolute atomic E-state index is 0.0480. The molecule has 1 fully saturated rings. The lowest BCUT2D eigenvalue weighted by molar-refractivity contribution is -0.134. The van der Waals surface area contributed by atoms with Crippen LogP contribution in [0.15, 0.2) is 17.0 Å². The molecule has 10 heteroatoms. The number of anilines is 1. The van der Waals surface area contributed by atoms with Crippen molar-refractivity contribution in [2.24, 2.45) is 0 Å². The third kappa shape index (κ3) is 4.13. The third-order valence-electron chi connectivity index (χ3n) is 5.45. The molecule has 1 aromatic rings. The number of hydrogen-bond donors (Lipinski definition) is 2. The Morgan fingerprint density at radius 2 is 1.76 bits per heavy atom. The van der Waals surface area contributed by atoms with Gasteiger partial charge in [0.25, 0.3) is 5.91 Å². The fraction of sp³-hybridized carbons (Fsp3) is 0.526. The first-order valence-electron chi connectivity index (χ1n) is 9.37. The van der Waals surface area contributed by atoms with Crippen molar-refractivity contribution in [2.75, 3.05) is 26.0 Å². The zero-order chi connectivity index (χ0) is 22.1. The number of benzene rings is 1. The van der Waals surface area contributed by atoms with E-state index >= 15 is 0 Å². The number of carbonyl (C=O) groups excluding carboxylic acids is 3. The maximum absolute atomic E-state index is 12.6. The van der Waals surface area contributed by atoms with Gasteiger partial charge in [-0.1, -0.05) is 13.8 Å². The standard InChI is InChI=1S/C19H28N4O5S/c1-7-19(8-2)17(25)23(18(26)21-19)11-16(24)20-15-10-14(9-12(3)13(15)4)29(27,28)22(5)6/h9-10H,7-8,11H2,1-6H3,(H,20,24)(H,21,26). The second kappa shape index (κ2) is 8.11. The van der Waals surface area contributed by atoms with Crippen LogP contribution in [0, 0.1) is 13.8 Å². The molecule has 9 nitrogen and oxygen atoms in total. The molecule has 0 atom stereocenters. The quantitative estimate of drug-likeness (QED) is 0.645. The number of carbonyl (C=O) groups is 3. The van der Waals surface area contributed by atoms with Crippen LogP contribution in [-0.2, 0) is 19.6 Å². The van der Waals surface area contributed by atoms with E-state index in [1.165, 1.54) is 26.2 Å². The minimum Gasteiger partial charge on any atom is -0.324 e. The minimum atomic E-state index is -3.68. The van der Waals surface area contributed by atoms with E-state index in [1.54, 1.807) is 27.7 Å². The maximum atomic E-state index is 12.6. The van der Waals surface area contributed by atoms with Crippen LogP contribution < -0.4 is 10.6 Å². The predicted octanol–water partition coefficient (Wildman–Crippen LogP) is 1.60. The Morgan fingerprint density at radius 1 is 1.17 bits per heavy atom. The molecule has 1 heterocycles. The second-order valence-electron chi connectivity index (χ2n) is 7.36. The molecule has 1 saturated heterocycles. The molecule has 2 rings (SSSR count). The van der Waals surface area contributed by atoms with Crippen molar-refractivity contribution in [1.82, 2.24) is 14.5 Å². The smallest absolute Gasteiger partial charge is 0.324 e. The number of aryl methyl sites for hydroxylation is 1. The summed E-state index contributed by atoms with van der Waals surface area (Å²) in [6.07, 6.45) is 0.851. The van der Waals surface area contributed by atoms with E-state index < -0.39 is 40.0 Å². The highest BCUT2D eigenvalue weighted by molar-refractivity contribution is 7.89. The molecule has 1 aromatic carbocycles. The summed E-state index contributed by atoms with van der Waals surface area (Å²) in [5.41, 5.74) is 0.725. The number of amides is 4. The van der Waals surface area contributed by atoms with Gasteiger partial charge in [-0.3, -0.25) is 14.5 Å². The predicted molar refractivity (Wildman–Crippen MR) is 109 cm³/mol. The van der Waals surface area contributed by atoms with E-state index in [4.69, 9.17) is 0 Å². The van der Waals surface area contributed by atoms with Crippen molar-refractivity contribution in [2.45, 2.75) is 51.0 Å². The first kappa shape index (κ1) is 22.8. The Labute approximate surface area is 171 Å². The molecule has 0 radical (unpaired) electrons. The number of sulfonamides is 1. The van der Waals surface area contributed by atoms with Crippen molar-refractivity contribution < 1.29 is 22.8 Å². The van der Waals surface area contributed by atoms with Crippen molar-refractivity contribution in [1.29, 1.82) is 0 Å². The van der Waals surface area contributed by atoms with Crippen molar-refractivity contribution in [3.63, 3.8) is 0 Å². The Morgan fingerprint density at radius 3 is 2.24 bits per heavy atom. The lowest BCUT2D eigenvalue weighted by Crippen LogP contribution is -2.46. The van der Waals surface area contributed by atoms with Gasteiger partial charge in [-0.2, -0.15) is 0 Å². The molecule has 0 unspecified atom stereocenters. The molecule has 0 aromatic heterocycles. The molecule has 1 aliphatic heterocycles. The number of hydrogen-bond acceptors (Lipinski definition) is 5. The van der Waals surface area contributed by atoms with Crippen LogP contribution in [0.25, 0.3) is 0 Å². The summed E-state index contributed by atoms with van der Waals surface area (Å²) in [5.74, 6) is -1.02. The van der Waals surface area contributed by atoms with Gasteiger partial charge in [-0.25, -0.2) is 17.5 Å². The molecule has 2 N–H and O–H groups in total. The number of rotatable bonds is 7. The number of nitrogens with zero attached hydrogens (tertiary/aromatic N) is 2. The normalized spacial score (nSPS) is 16.3. The Bertz CT molecular complexity index is 952. The van der Waals surface area contributed by atoms with Gasteiger partial charge < -0.3 is 10.6 Å². The topological polar surface area (TPSA) is 116 Å². The van der Waals surface area contributed by atoms with E-state index in [0.29, 0.717) is 29.7 Å². The van der Waals surface area contributed by atoms with E-state index in [9.17, 15) is 22.8 Å². The van der Waals surface area contributed by atoms with E-state index in [2.05, 4.69) is 10.6 Å². The molecule has 0 bridgehead atoms. The lowest BCUT2D eigenvalue weighted by atomic mass is 9.93. The summed E-state index contributed by atoms with van der Waals surface area (Å²) in [4.78, 5) is 38.4. The van der Waals surface area contributed by atoms with Gasteiger partial charge in [-0.05, 0) is 49.9 Å². The first-order chi connectivity index (χ1) is 13.4. The summed E-state index contributed by atoms with van der Waals surface area (Å²) < 4.78 is 26.0. The summed E-state index contributed by atoms with van der Waals surface area (Å²) >= 11 is 0. The molecule has 0 spiro atoms. The molecule has 4 amide bonds. The van der Waals surface area contributed by atoms with Crippen LogP contribution in [-0.4, -0.2) is 61.6 Å².